The van der Waals surface area contributed by atoms with Crippen LogP contribution in [0.15, 0.2) is 22.7 Å². The molecular weight excluding hydrogens is 262 g/mol. The standard InChI is InChI=1S/C17H23N3O/c1-12-7-8-14(11-13(12)2)15-19-16(20-21-15)17(18)9-5-3-4-6-10-17/h7-8,11H,3-6,9-10,18H2,1-2H3. The maximum Gasteiger partial charge on any atom is 0.258 e. The average molecular weight is 285 g/mol. The van der Waals surface area contributed by atoms with Gasteiger partial charge in [0, 0.05) is 5.56 Å². The first-order valence-corrected chi connectivity index (χ1v) is 7.79. The molecule has 112 valence electrons. The lowest BCUT2D eigenvalue weighted by Crippen LogP contribution is -2.37. The Morgan fingerprint density at radius 1 is 1.05 bits per heavy atom. The zero-order valence-electron chi connectivity index (χ0n) is 12.9. The highest BCUT2D eigenvalue weighted by Gasteiger charge is 2.33. The average Bonchev–Trinajstić information content (AvgIpc) is 2.86. The molecule has 4 heteroatoms. The molecule has 0 atom stereocenters. The van der Waals surface area contributed by atoms with Gasteiger partial charge in [-0.3, -0.25) is 0 Å². The Morgan fingerprint density at radius 2 is 1.76 bits per heavy atom. The van der Waals surface area contributed by atoms with Crippen molar-refractivity contribution >= 4 is 0 Å². The smallest absolute Gasteiger partial charge is 0.258 e. The van der Waals surface area contributed by atoms with Gasteiger partial charge in [-0.15, -0.1) is 0 Å². The molecule has 1 fully saturated rings. The summed E-state index contributed by atoms with van der Waals surface area (Å²) in [4.78, 5) is 4.59. The van der Waals surface area contributed by atoms with E-state index in [4.69, 9.17) is 10.3 Å². The molecule has 1 aliphatic carbocycles. The van der Waals surface area contributed by atoms with Gasteiger partial charge in [0.15, 0.2) is 5.82 Å². The molecule has 1 saturated carbocycles. The van der Waals surface area contributed by atoms with Crippen LogP contribution in [0.1, 0.15) is 55.5 Å². The zero-order chi connectivity index (χ0) is 14.9. The number of hydrogen-bond donors (Lipinski definition) is 1. The van der Waals surface area contributed by atoms with Gasteiger partial charge in [0.2, 0.25) is 0 Å². The van der Waals surface area contributed by atoms with E-state index in [1.807, 2.05) is 6.07 Å². The third-order valence-electron chi connectivity index (χ3n) is 4.62. The molecule has 1 aliphatic rings. The second-order valence-corrected chi connectivity index (χ2v) is 6.29. The number of nitrogens with two attached hydrogens (primary N) is 1. The summed E-state index contributed by atoms with van der Waals surface area (Å²) in [5, 5.41) is 4.17. The number of nitrogens with zero attached hydrogens (tertiary/aromatic N) is 2. The Bertz CT molecular complexity index is 625. The van der Waals surface area contributed by atoms with E-state index in [9.17, 15) is 0 Å². The van der Waals surface area contributed by atoms with Gasteiger partial charge in [-0.1, -0.05) is 36.9 Å². The van der Waals surface area contributed by atoms with Crippen molar-refractivity contribution in [1.82, 2.24) is 10.1 Å². The van der Waals surface area contributed by atoms with Crippen LogP contribution in [0.25, 0.3) is 11.5 Å². The van der Waals surface area contributed by atoms with E-state index in [0.717, 1.165) is 31.2 Å². The predicted molar refractivity (Wildman–Crippen MR) is 82.8 cm³/mol. The fourth-order valence-corrected chi connectivity index (χ4v) is 3.00. The molecule has 0 spiro atoms. The van der Waals surface area contributed by atoms with Crippen molar-refractivity contribution in [3.05, 3.63) is 35.2 Å². The highest BCUT2D eigenvalue weighted by molar-refractivity contribution is 5.55. The molecule has 2 N–H and O–H groups in total. The van der Waals surface area contributed by atoms with E-state index >= 15 is 0 Å². The SMILES string of the molecule is Cc1ccc(-c2nc(C3(N)CCCCCC3)no2)cc1C. The molecule has 2 aromatic rings. The fraction of sp³-hybridized carbons (Fsp3) is 0.529. The number of aryl methyl sites for hydroxylation is 2. The molecule has 1 heterocycles. The Kier molecular flexibility index (Phi) is 3.81. The summed E-state index contributed by atoms with van der Waals surface area (Å²) in [6.45, 7) is 4.19. The molecule has 0 amide bonds. The van der Waals surface area contributed by atoms with Crippen LogP contribution >= 0.6 is 0 Å². The van der Waals surface area contributed by atoms with E-state index in [1.165, 1.54) is 24.0 Å². The van der Waals surface area contributed by atoms with Gasteiger partial charge in [0.05, 0.1) is 5.54 Å². The lowest BCUT2D eigenvalue weighted by Gasteiger charge is -2.23. The first-order chi connectivity index (χ1) is 10.1. The van der Waals surface area contributed by atoms with Crippen molar-refractivity contribution in [3.63, 3.8) is 0 Å². The Labute approximate surface area is 125 Å². The topological polar surface area (TPSA) is 64.9 Å². The van der Waals surface area contributed by atoms with Crippen molar-refractivity contribution < 1.29 is 4.52 Å². The molecule has 0 radical (unpaired) electrons. The summed E-state index contributed by atoms with van der Waals surface area (Å²) in [5.41, 5.74) is 9.58. The highest BCUT2D eigenvalue weighted by Crippen LogP contribution is 2.33. The molecule has 0 saturated heterocycles. The third kappa shape index (κ3) is 2.86. The van der Waals surface area contributed by atoms with E-state index in [0.29, 0.717) is 11.7 Å². The molecule has 4 nitrogen and oxygen atoms in total. The van der Waals surface area contributed by atoms with Crippen LogP contribution in [-0.2, 0) is 5.54 Å². The lowest BCUT2D eigenvalue weighted by molar-refractivity contribution is 0.334. The molecule has 21 heavy (non-hydrogen) atoms. The van der Waals surface area contributed by atoms with Gasteiger partial charge in [0.25, 0.3) is 5.89 Å². The van der Waals surface area contributed by atoms with Crippen LogP contribution in [0.5, 0.6) is 0 Å². The van der Waals surface area contributed by atoms with E-state index in [2.05, 4.69) is 36.1 Å². The van der Waals surface area contributed by atoms with Gasteiger partial charge in [-0.25, -0.2) is 0 Å². The summed E-state index contributed by atoms with van der Waals surface area (Å²) in [7, 11) is 0. The fourth-order valence-electron chi connectivity index (χ4n) is 3.00. The van der Waals surface area contributed by atoms with Gasteiger partial charge >= 0.3 is 0 Å². The lowest BCUT2D eigenvalue weighted by atomic mass is 9.91. The minimum atomic E-state index is -0.419. The summed E-state index contributed by atoms with van der Waals surface area (Å²) in [5.74, 6) is 1.24. The monoisotopic (exact) mass is 285 g/mol. The van der Waals surface area contributed by atoms with Crippen molar-refractivity contribution in [1.29, 1.82) is 0 Å². The normalized spacial score (nSPS) is 18.4. The molecule has 1 aromatic carbocycles. The predicted octanol–water partition coefficient (Wildman–Crippen LogP) is 3.86. The van der Waals surface area contributed by atoms with Crippen molar-refractivity contribution in [2.24, 2.45) is 5.73 Å². The second kappa shape index (κ2) is 5.60. The molecule has 0 aliphatic heterocycles. The van der Waals surface area contributed by atoms with Crippen LogP contribution in [-0.4, -0.2) is 10.1 Å². The van der Waals surface area contributed by atoms with Gasteiger partial charge in [0.1, 0.15) is 0 Å². The van der Waals surface area contributed by atoms with Gasteiger partial charge in [-0.05, 0) is 49.9 Å². The van der Waals surface area contributed by atoms with Crippen molar-refractivity contribution in [2.75, 3.05) is 0 Å². The quantitative estimate of drug-likeness (QED) is 0.851. The Balaban J connectivity index is 1.90. The zero-order valence-corrected chi connectivity index (χ0v) is 12.9. The number of hydrogen-bond acceptors (Lipinski definition) is 4. The molecular formula is C17H23N3O. The molecule has 0 bridgehead atoms. The molecule has 1 aromatic heterocycles. The van der Waals surface area contributed by atoms with Gasteiger partial charge in [-0.2, -0.15) is 4.98 Å². The molecule has 3 rings (SSSR count). The van der Waals surface area contributed by atoms with Crippen LogP contribution in [0.2, 0.25) is 0 Å². The van der Waals surface area contributed by atoms with E-state index < -0.39 is 5.54 Å². The first kappa shape index (κ1) is 14.3. The number of rotatable bonds is 2. The van der Waals surface area contributed by atoms with Crippen molar-refractivity contribution in [2.45, 2.75) is 57.9 Å². The maximum absolute atomic E-state index is 6.54. The van der Waals surface area contributed by atoms with Crippen LogP contribution in [0, 0.1) is 13.8 Å². The summed E-state index contributed by atoms with van der Waals surface area (Å²) >= 11 is 0. The van der Waals surface area contributed by atoms with Gasteiger partial charge < -0.3 is 10.3 Å². The molecule has 0 unspecified atom stereocenters. The first-order valence-electron chi connectivity index (χ1n) is 7.79. The minimum Gasteiger partial charge on any atom is -0.334 e. The Morgan fingerprint density at radius 3 is 2.43 bits per heavy atom. The highest BCUT2D eigenvalue weighted by atomic mass is 16.5. The van der Waals surface area contributed by atoms with Crippen LogP contribution in [0.4, 0.5) is 0 Å². The van der Waals surface area contributed by atoms with E-state index in [-0.39, 0.29) is 0 Å². The van der Waals surface area contributed by atoms with Crippen LogP contribution < -0.4 is 5.73 Å². The second-order valence-electron chi connectivity index (χ2n) is 6.29. The summed E-state index contributed by atoms with van der Waals surface area (Å²) < 4.78 is 5.46. The number of aromatic nitrogens is 2. The number of benzene rings is 1. The van der Waals surface area contributed by atoms with E-state index in [1.54, 1.807) is 0 Å². The third-order valence-corrected chi connectivity index (χ3v) is 4.62. The van der Waals surface area contributed by atoms with Crippen molar-refractivity contribution in [3.8, 4) is 11.5 Å². The largest absolute Gasteiger partial charge is 0.334 e. The summed E-state index contributed by atoms with van der Waals surface area (Å²) in [6, 6.07) is 6.19. The van der Waals surface area contributed by atoms with Crippen LogP contribution in [0.3, 0.4) is 0 Å². The Hall–Kier alpha value is -1.68. The summed E-state index contributed by atoms with van der Waals surface area (Å²) in [6.07, 6.45) is 6.67. The maximum atomic E-state index is 6.54. The minimum absolute atomic E-state index is 0.419.